The third-order valence-corrected chi connectivity index (χ3v) is 5.43. The van der Waals surface area contributed by atoms with Crippen molar-refractivity contribution in [3.63, 3.8) is 0 Å². The van der Waals surface area contributed by atoms with Crippen molar-refractivity contribution in [2.75, 3.05) is 0 Å². The molecule has 5 atom stereocenters. The fourth-order valence-electron chi connectivity index (χ4n) is 3.16. The van der Waals surface area contributed by atoms with E-state index >= 15 is 0 Å². The first kappa shape index (κ1) is 30.0. The van der Waals surface area contributed by atoms with E-state index in [9.17, 15) is 33.9 Å². The Bertz CT molecular complexity index is 937. The summed E-state index contributed by atoms with van der Waals surface area (Å²) in [6.07, 6.45) is 1.75. The number of imidazole rings is 1. The van der Waals surface area contributed by atoms with Crippen LogP contribution >= 0.6 is 0 Å². The second-order valence-electron chi connectivity index (χ2n) is 8.32. The number of aromatic nitrogens is 2. The highest BCUT2D eigenvalue weighted by molar-refractivity contribution is 5.95. The zero-order valence-electron chi connectivity index (χ0n) is 20.0. The van der Waals surface area contributed by atoms with Crippen molar-refractivity contribution in [1.82, 2.24) is 25.9 Å². The van der Waals surface area contributed by atoms with Gasteiger partial charge in [-0.3, -0.25) is 24.0 Å². The van der Waals surface area contributed by atoms with Crippen LogP contribution in [-0.4, -0.2) is 79.9 Å². The molecule has 0 saturated carbocycles. The number of carboxylic acid groups (broad SMARTS) is 2. The molecule has 0 spiro atoms. The lowest BCUT2D eigenvalue weighted by Crippen LogP contribution is -2.58. The zero-order chi connectivity index (χ0) is 27.4. The average molecular weight is 512 g/mol. The van der Waals surface area contributed by atoms with Crippen molar-refractivity contribution in [2.24, 2.45) is 17.4 Å². The Morgan fingerprint density at radius 1 is 1.03 bits per heavy atom. The average Bonchev–Trinajstić information content (AvgIpc) is 3.31. The number of H-pyrrole nitrogens is 1. The molecule has 0 aliphatic carbocycles. The Morgan fingerprint density at radius 2 is 1.64 bits per heavy atom. The minimum Gasteiger partial charge on any atom is -0.481 e. The van der Waals surface area contributed by atoms with Gasteiger partial charge in [0.1, 0.15) is 18.1 Å². The minimum absolute atomic E-state index is 0.112. The van der Waals surface area contributed by atoms with Crippen LogP contribution in [0.15, 0.2) is 12.5 Å². The molecule has 0 aromatic carbocycles. The Morgan fingerprint density at radius 3 is 2.14 bits per heavy atom. The maximum Gasteiger partial charge on any atom is 0.326 e. The van der Waals surface area contributed by atoms with E-state index in [1.165, 1.54) is 12.5 Å². The van der Waals surface area contributed by atoms with Gasteiger partial charge in [0.2, 0.25) is 23.6 Å². The standard InChI is InChI=1S/C21H33N7O8/c1-3-10(2)17(21(35)36)28-19(33)13(4-5-16(30)31)26-20(34)14(6-11-8-24-9-25-11)27-18(32)12(22)7-15(23)29/h8-10,12-14,17H,3-7,22H2,1-2H3,(H2,23,29)(H,24,25)(H,26,34)(H,27,32)(H,28,33)(H,30,31)(H,35,36). The fraction of sp³-hybridized carbons (Fsp3) is 0.571. The number of hydrogen-bond acceptors (Lipinski definition) is 8. The number of nitrogens with zero attached hydrogens (tertiary/aromatic N) is 1. The zero-order valence-corrected chi connectivity index (χ0v) is 20.0. The maximum atomic E-state index is 13.1. The van der Waals surface area contributed by atoms with Gasteiger partial charge in [0.25, 0.3) is 0 Å². The molecule has 1 aromatic heterocycles. The summed E-state index contributed by atoms with van der Waals surface area (Å²) in [4.78, 5) is 78.7. The number of aliphatic carboxylic acids is 2. The molecule has 200 valence electrons. The third-order valence-electron chi connectivity index (χ3n) is 5.43. The van der Waals surface area contributed by atoms with E-state index in [4.69, 9.17) is 16.6 Å². The molecule has 0 radical (unpaired) electrons. The molecule has 0 aliphatic heterocycles. The molecular formula is C21H33N7O8. The molecule has 36 heavy (non-hydrogen) atoms. The molecule has 0 fully saturated rings. The van der Waals surface area contributed by atoms with E-state index in [0.717, 1.165) is 0 Å². The predicted octanol–water partition coefficient (Wildman–Crippen LogP) is -2.40. The van der Waals surface area contributed by atoms with Crippen LogP contribution in [0.2, 0.25) is 0 Å². The SMILES string of the molecule is CCC(C)C(NC(=O)C(CCC(=O)O)NC(=O)C(Cc1cnc[nH]1)NC(=O)C(N)CC(N)=O)C(=O)O. The maximum absolute atomic E-state index is 13.1. The van der Waals surface area contributed by atoms with Crippen LogP contribution in [0.1, 0.15) is 45.2 Å². The molecule has 10 N–H and O–H groups in total. The lowest BCUT2D eigenvalue weighted by molar-refractivity contribution is -0.144. The quantitative estimate of drug-likeness (QED) is 0.117. The first-order chi connectivity index (χ1) is 16.8. The van der Waals surface area contributed by atoms with Gasteiger partial charge < -0.3 is 42.6 Å². The first-order valence-corrected chi connectivity index (χ1v) is 11.2. The van der Waals surface area contributed by atoms with Crippen LogP contribution in [0.4, 0.5) is 0 Å². The fourth-order valence-corrected chi connectivity index (χ4v) is 3.16. The molecular weight excluding hydrogens is 478 g/mol. The number of primary amides is 1. The van der Waals surface area contributed by atoms with Gasteiger partial charge in [0, 0.05) is 24.7 Å². The Balaban J connectivity index is 3.11. The molecule has 1 rings (SSSR count). The molecule has 15 nitrogen and oxygen atoms in total. The van der Waals surface area contributed by atoms with Gasteiger partial charge in [-0.25, -0.2) is 9.78 Å². The number of amides is 4. The normalized spacial score (nSPS) is 15.0. The number of hydrogen-bond donors (Lipinski definition) is 8. The van der Waals surface area contributed by atoms with E-state index in [1.54, 1.807) is 13.8 Å². The summed E-state index contributed by atoms with van der Waals surface area (Å²) in [5.74, 6) is -6.41. The summed E-state index contributed by atoms with van der Waals surface area (Å²) in [6.45, 7) is 3.36. The number of aromatic amines is 1. The number of nitrogens with one attached hydrogen (secondary N) is 4. The monoisotopic (exact) mass is 511 g/mol. The van der Waals surface area contributed by atoms with Crippen molar-refractivity contribution in [3.8, 4) is 0 Å². The van der Waals surface area contributed by atoms with Crippen LogP contribution in [0.25, 0.3) is 0 Å². The van der Waals surface area contributed by atoms with Crippen molar-refractivity contribution in [1.29, 1.82) is 0 Å². The van der Waals surface area contributed by atoms with Gasteiger partial charge >= 0.3 is 11.9 Å². The molecule has 1 aromatic rings. The van der Waals surface area contributed by atoms with Gasteiger partial charge in [0.15, 0.2) is 0 Å². The van der Waals surface area contributed by atoms with Crippen molar-refractivity contribution in [3.05, 3.63) is 18.2 Å². The highest BCUT2D eigenvalue weighted by atomic mass is 16.4. The van der Waals surface area contributed by atoms with E-state index in [0.29, 0.717) is 12.1 Å². The highest BCUT2D eigenvalue weighted by Crippen LogP contribution is 2.10. The van der Waals surface area contributed by atoms with Gasteiger partial charge in [-0.1, -0.05) is 20.3 Å². The summed E-state index contributed by atoms with van der Waals surface area (Å²) < 4.78 is 0. The molecule has 0 bridgehead atoms. The smallest absolute Gasteiger partial charge is 0.326 e. The van der Waals surface area contributed by atoms with Gasteiger partial charge in [0.05, 0.1) is 18.8 Å². The van der Waals surface area contributed by atoms with E-state index in [2.05, 4.69) is 25.9 Å². The molecule has 0 saturated heterocycles. The van der Waals surface area contributed by atoms with Crippen LogP contribution in [0.5, 0.6) is 0 Å². The van der Waals surface area contributed by atoms with E-state index in [-0.39, 0.29) is 12.8 Å². The Hall–Kier alpha value is -4.01. The molecule has 0 aliphatic rings. The largest absolute Gasteiger partial charge is 0.481 e. The van der Waals surface area contributed by atoms with E-state index < -0.39 is 78.5 Å². The molecule has 15 heteroatoms. The van der Waals surface area contributed by atoms with Crippen LogP contribution in [0, 0.1) is 5.92 Å². The lowest BCUT2D eigenvalue weighted by atomic mass is 9.98. The Labute approximate surface area is 206 Å². The van der Waals surface area contributed by atoms with Gasteiger partial charge in [-0.15, -0.1) is 0 Å². The third kappa shape index (κ3) is 10.1. The predicted molar refractivity (Wildman–Crippen MR) is 124 cm³/mol. The number of carbonyl (C=O) groups is 6. The number of carbonyl (C=O) groups excluding carboxylic acids is 4. The van der Waals surface area contributed by atoms with E-state index in [1.807, 2.05) is 0 Å². The summed E-state index contributed by atoms with van der Waals surface area (Å²) in [6, 6.07) is -5.32. The molecule has 4 amide bonds. The van der Waals surface area contributed by atoms with Crippen molar-refractivity contribution < 1.29 is 39.0 Å². The van der Waals surface area contributed by atoms with Crippen molar-refractivity contribution in [2.45, 2.75) is 70.1 Å². The molecule has 1 heterocycles. The number of nitrogens with two attached hydrogens (primary N) is 2. The van der Waals surface area contributed by atoms with Crippen LogP contribution in [0.3, 0.4) is 0 Å². The second kappa shape index (κ2) is 14.4. The second-order valence-corrected chi connectivity index (χ2v) is 8.32. The van der Waals surface area contributed by atoms with Gasteiger partial charge in [-0.05, 0) is 12.3 Å². The topological polar surface area (TPSA) is 260 Å². The first-order valence-electron chi connectivity index (χ1n) is 11.2. The van der Waals surface area contributed by atoms with Crippen LogP contribution in [-0.2, 0) is 35.2 Å². The lowest BCUT2D eigenvalue weighted by Gasteiger charge is -2.26. The molecule has 5 unspecified atom stereocenters. The van der Waals surface area contributed by atoms with Crippen LogP contribution < -0.4 is 27.4 Å². The summed E-state index contributed by atoms with van der Waals surface area (Å²) in [5.41, 5.74) is 11.1. The highest BCUT2D eigenvalue weighted by Gasteiger charge is 2.32. The Kier molecular flexibility index (Phi) is 12.0. The van der Waals surface area contributed by atoms with Gasteiger partial charge in [-0.2, -0.15) is 0 Å². The number of rotatable bonds is 16. The van der Waals surface area contributed by atoms with Crippen molar-refractivity contribution >= 4 is 35.6 Å². The summed E-state index contributed by atoms with van der Waals surface area (Å²) in [5, 5.41) is 25.6. The number of carboxylic acids is 2. The summed E-state index contributed by atoms with van der Waals surface area (Å²) in [7, 11) is 0. The summed E-state index contributed by atoms with van der Waals surface area (Å²) >= 11 is 0. The minimum atomic E-state index is -1.42.